The van der Waals surface area contributed by atoms with Crippen LogP contribution in [0.4, 0.5) is 0 Å². The van der Waals surface area contributed by atoms with Gasteiger partial charge in [-0.3, -0.25) is 9.59 Å². The van der Waals surface area contributed by atoms with Crippen LogP contribution in [-0.4, -0.2) is 34.2 Å². The Morgan fingerprint density at radius 2 is 1.41 bits per heavy atom. The zero-order valence-corrected chi connectivity index (χ0v) is 22.6. The molecular formula is C30H32N2O3S2. The fourth-order valence-corrected chi connectivity index (χ4v) is 6.31. The van der Waals surface area contributed by atoms with E-state index in [9.17, 15) is 9.59 Å². The minimum atomic E-state index is -0.661. The number of benzene rings is 3. The first-order valence-electron chi connectivity index (χ1n) is 12.6. The van der Waals surface area contributed by atoms with Crippen LogP contribution in [0.5, 0.6) is 0 Å². The lowest BCUT2D eigenvalue weighted by molar-refractivity contribution is -0.124. The number of Topliss-reactive ketones (excluding diaryl/α,β-unsaturated/α-hetero) is 1. The molecule has 0 bridgehead atoms. The van der Waals surface area contributed by atoms with E-state index in [0.29, 0.717) is 29.0 Å². The first-order chi connectivity index (χ1) is 18.1. The van der Waals surface area contributed by atoms with Crippen LogP contribution in [0.25, 0.3) is 11.1 Å². The molecule has 1 N–H and O–H groups in total. The molecule has 1 heterocycles. The molecule has 4 rings (SSSR count). The van der Waals surface area contributed by atoms with Gasteiger partial charge in [0.1, 0.15) is 5.52 Å². The molecule has 1 aromatic heterocycles. The van der Waals surface area contributed by atoms with Crippen molar-refractivity contribution in [2.75, 3.05) is 11.5 Å². The molecule has 0 spiro atoms. The third-order valence-electron chi connectivity index (χ3n) is 5.95. The van der Waals surface area contributed by atoms with Crippen LogP contribution < -0.4 is 5.32 Å². The number of rotatable bonds is 14. The lowest BCUT2D eigenvalue weighted by Gasteiger charge is -2.21. The Morgan fingerprint density at radius 1 is 0.838 bits per heavy atom. The van der Waals surface area contributed by atoms with Gasteiger partial charge in [0.15, 0.2) is 5.58 Å². The average molecular weight is 533 g/mol. The smallest absolute Gasteiger partial charge is 0.266 e. The van der Waals surface area contributed by atoms with E-state index in [0.717, 1.165) is 17.9 Å². The van der Waals surface area contributed by atoms with Gasteiger partial charge < -0.3 is 9.73 Å². The number of amides is 1. The first kappa shape index (κ1) is 27.0. The predicted molar refractivity (Wildman–Crippen MR) is 154 cm³/mol. The van der Waals surface area contributed by atoms with Gasteiger partial charge in [-0.25, -0.2) is 4.98 Å². The monoisotopic (exact) mass is 532 g/mol. The molecule has 1 unspecified atom stereocenters. The number of carbonyl (C=O) groups is 2. The van der Waals surface area contributed by atoms with E-state index in [1.54, 1.807) is 29.6 Å². The Kier molecular flexibility index (Phi) is 10.3. The van der Waals surface area contributed by atoms with Crippen LogP contribution in [0.1, 0.15) is 41.6 Å². The Balaban J connectivity index is 1.42. The number of aromatic nitrogens is 1. The van der Waals surface area contributed by atoms with Gasteiger partial charge >= 0.3 is 0 Å². The van der Waals surface area contributed by atoms with Crippen LogP contribution in [0.3, 0.4) is 0 Å². The normalized spacial score (nSPS) is 12.1. The second-order valence-corrected chi connectivity index (χ2v) is 11.0. The maximum absolute atomic E-state index is 13.5. The number of oxazole rings is 1. The van der Waals surface area contributed by atoms with E-state index in [2.05, 4.69) is 34.6 Å². The Hall–Kier alpha value is -3.03. The summed E-state index contributed by atoms with van der Waals surface area (Å²) in [7, 11) is 0. The molecule has 0 aliphatic carbocycles. The van der Waals surface area contributed by atoms with Crippen molar-refractivity contribution >= 4 is 46.3 Å². The average Bonchev–Trinajstić information content (AvgIpc) is 3.37. The Morgan fingerprint density at radius 3 is 1.97 bits per heavy atom. The highest BCUT2D eigenvalue weighted by Crippen LogP contribution is 2.22. The highest BCUT2D eigenvalue weighted by molar-refractivity contribution is 7.99. The van der Waals surface area contributed by atoms with Gasteiger partial charge in [0, 0.05) is 23.0 Å². The molecule has 4 aromatic rings. The number of hydrogen-bond donors (Lipinski definition) is 1. The molecular weight excluding hydrogens is 500 g/mol. The van der Waals surface area contributed by atoms with Crippen LogP contribution in [0.2, 0.25) is 0 Å². The van der Waals surface area contributed by atoms with Gasteiger partial charge in [-0.05, 0) is 29.7 Å². The van der Waals surface area contributed by atoms with Crippen molar-refractivity contribution in [3.05, 3.63) is 102 Å². The van der Waals surface area contributed by atoms with E-state index < -0.39 is 6.04 Å². The molecule has 0 fully saturated rings. The molecule has 1 atom stereocenters. The number of nitrogens with one attached hydrogen (secondary N) is 1. The summed E-state index contributed by atoms with van der Waals surface area (Å²) < 4.78 is 5.71. The fraction of sp³-hybridized carbons (Fsp3) is 0.300. The Labute approximate surface area is 226 Å². The van der Waals surface area contributed by atoms with Gasteiger partial charge in [-0.15, -0.1) is 0 Å². The minimum absolute atomic E-state index is 0.0494. The zero-order valence-electron chi connectivity index (χ0n) is 21.0. The molecule has 0 aliphatic rings. The fourth-order valence-electron chi connectivity index (χ4n) is 3.96. The van der Waals surface area contributed by atoms with E-state index in [1.807, 2.05) is 61.5 Å². The van der Waals surface area contributed by atoms with E-state index in [4.69, 9.17) is 4.42 Å². The van der Waals surface area contributed by atoms with Crippen LogP contribution in [0, 0.1) is 5.92 Å². The van der Waals surface area contributed by atoms with Crippen molar-refractivity contribution in [2.24, 2.45) is 5.92 Å². The lowest BCUT2D eigenvalue weighted by atomic mass is 10.1. The van der Waals surface area contributed by atoms with Crippen LogP contribution in [0.15, 0.2) is 89.3 Å². The molecule has 5 nitrogen and oxygen atoms in total. The molecule has 1 amide bonds. The number of ketones is 1. The molecule has 0 radical (unpaired) electrons. The molecule has 192 valence electrons. The predicted octanol–water partition coefficient (Wildman–Crippen LogP) is 6.78. The number of fused-ring (bicyclic) bond motifs is 1. The topological polar surface area (TPSA) is 72.2 Å². The first-order valence-corrected chi connectivity index (χ1v) is 14.9. The number of para-hydroxylation sites is 2. The molecule has 0 aliphatic heterocycles. The van der Waals surface area contributed by atoms with E-state index in [1.165, 1.54) is 11.1 Å². The van der Waals surface area contributed by atoms with E-state index >= 15 is 0 Å². The van der Waals surface area contributed by atoms with Crippen molar-refractivity contribution in [3.63, 3.8) is 0 Å². The number of thioether (sulfide) groups is 2. The van der Waals surface area contributed by atoms with Crippen molar-refractivity contribution in [2.45, 2.75) is 37.3 Å². The summed E-state index contributed by atoms with van der Waals surface area (Å²) in [6, 6.07) is 27.2. The summed E-state index contributed by atoms with van der Waals surface area (Å²) in [6.07, 6.45) is 1.29. The third-order valence-corrected chi connectivity index (χ3v) is 8.30. The number of hydrogen-bond acceptors (Lipinski definition) is 6. The SMILES string of the molecule is CCCC(NC(=O)C(CSCc1ccccc1)CSCc1ccccc1)C(=O)c1nc2ccccc2o1. The molecule has 3 aromatic carbocycles. The second-order valence-electron chi connectivity index (χ2n) is 8.90. The van der Waals surface area contributed by atoms with Crippen LogP contribution in [-0.2, 0) is 16.3 Å². The second kappa shape index (κ2) is 14.1. The number of carbonyl (C=O) groups excluding carboxylic acids is 2. The van der Waals surface area contributed by atoms with Crippen LogP contribution >= 0.6 is 23.5 Å². The van der Waals surface area contributed by atoms with Crippen molar-refractivity contribution < 1.29 is 14.0 Å². The highest BCUT2D eigenvalue weighted by Gasteiger charge is 2.29. The largest absolute Gasteiger partial charge is 0.434 e. The van der Waals surface area contributed by atoms with Gasteiger partial charge in [0.2, 0.25) is 11.7 Å². The van der Waals surface area contributed by atoms with Gasteiger partial charge in [0.25, 0.3) is 5.89 Å². The van der Waals surface area contributed by atoms with Gasteiger partial charge in [-0.1, -0.05) is 86.1 Å². The Bertz CT molecular complexity index is 1200. The minimum Gasteiger partial charge on any atom is -0.434 e. The van der Waals surface area contributed by atoms with Crippen molar-refractivity contribution in [3.8, 4) is 0 Å². The number of nitrogens with zero attached hydrogens (tertiary/aromatic N) is 1. The molecule has 0 saturated heterocycles. The van der Waals surface area contributed by atoms with E-state index in [-0.39, 0.29) is 23.5 Å². The summed E-state index contributed by atoms with van der Waals surface area (Å²) in [4.78, 5) is 31.1. The van der Waals surface area contributed by atoms with Crippen molar-refractivity contribution in [1.29, 1.82) is 0 Å². The maximum atomic E-state index is 13.5. The summed E-state index contributed by atoms with van der Waals surface area (Å²) in [6.45, 7) is 2.00. The van der Waals surface area contributed by atoms with Gasteiger partial charge in [-0.2, -0.15) is 23.5 Å². The molecule has 37 heavy (non-hydrogen) atoms. The lowest BCUT2D eigenvalue weighted by Crippen LogP contribution is -2.45. The molecule has 0 saturated carbocycles. The summed E-state index contributed by atoms with van der Waals surface area (Å²) >= 11 is 3.49. The van der Waals surface area contributed by atoms with Gasteiger partial charge in [0.05, 0.1) is 12.0 Å². The zero-order chi connectivity index (χ0) is 25.9. The highest BCUT2D eigenvalue weighted by atomic mass is 32.2. The quantitative estimate of drug-likeness (QED) is 0.181. The van der Waals surface area contributed by atoms with Crippen molar-refractivity contribution in [1.82, 2.24) is 10.3 Å². The summed E-state index contributed by atoms with van der Waals surface area (Å²) in [5.74, 6) is 2.49. The summed E-state index contributed by atoms with van der Waals surface area (Å²) in [5.41, 5.74) is 3.68. The standard InChI is InChI=1S/C30H32N2O3S2/c1-2-11-26(28(33)30-32-25-16-9-10-17-27(25)35-30)31-29(34)24(20-36-18-22-12-5-3-6-13-22)21-37-19-23-14-7-4-8-15-23/h3-10,12-17,24,26H,2,11,18-21H2,1H3,(H,31,34). The molecule has 7 heteroatoms. The third kappa shape index (κ3) is 7.98. The summed E-state index contributed by atoms with van der Waals surface area (Å²) in [5, 5.41) is 3.04. The maximum Gasteiger partial charge on any atom is 0.266 e.